The lowest BCUT2D eigenvalue weighted by atomic mass is 9.94. The van der Waals surface area contributed by atoms with Gasteiger partial charge in [-0.1, -0.05) is 20.8 Å². The van der Waals surface area contributed by atoms with Crippen LogP contribution in [0.1, 0.15) is 57.0 Å². The third-order valence-corrected chi connectivity index (χ3v) is 5.06. The van der Waals surface area contributed by atoms with Gasteiger partial charge in [-0.05, 0) is 51.0 Å². The standard InChI is InChI=1S/C19H33N3O2/c1-12(2)9-17-11-16(7-8-24-17)20-19(23)13(3)10-18-14(4)21-22(6)15(18)5/h12-13,16-17H,7-11H2,1-6H3,(H,20,23). The first-order valence-electron chi connectivity index (χ1n) is 9.19. The molecule has 1 fully saturated rings. The number of ether oxygens (including phenoxy) is 1. The Morgan fingerprint density at radius 2 is 2.08 bits per heavy atom. The summed E-state index contributed by atoms with van der Waals surface area (Å²) in [7, 11) is 1.95. The highest BCUT2D eigenvalue weighted by Crippen LogP contribution is 2.21. The first-order valence-corrected chi connectivity index (χ1v) is 9.19. The lowest BCUT2D eigenvalue weighted by Gasteiger charge is -2.31. The van der Waals surface area contributed by atoms with E-state index in [2.05, 4.69) is 31.2 Å². The lowest BCUT2D eigenvalue weighted by molar-refractivity contribution is -0.126. The van der Waals surface area contributed by atoms with Crippen LogP contribution >= 0.6 is 0 Å². The van der Waals surface area contributed by atoms with E-state index in [1.807, 2.05) is 25.6 Å². The molecule has 1 amide bonds. The molecule has 1 aromatic heterocycles. The lowest BCUT2D eigenvalue weighted by Crippen LogP contribution is -2.44. The molecule has 136 valence electrons. The molecule has 0 saturated carbocycles. The molecule has 1 aliphatic rings. The van der Waals surface area contributed by atoms with Crippen LogP contribution in [-0.2, 0) is 23.0 Å². The zero-order chi connectivity index (χ0) is 17.9. The molecule has 0 radical (unpaired) electrons. The van der Waals surface area contributed by atoms with Crippen LogP contribution < -0.4 is 5.32 Å². The monoisotopic (exact) mass is 335 g/mol. The largest absolute Gasteiger partial charge is 0.378 e. The van der Waals surface area contributed by atoms with Crippen LogP contribution in [0.3, 0.4) is 0 Å². The Bertz CT molecular complexity index is 565. The van der Waals surface area contributed by atoms with Crippen LogP contribution in [0.5, 0.6) is 0 Å². The summed E-state index contributed by atoms with van der Waals surface area (Å²) in [6.45, 7) is 11.3. The summed E-state index contributed by atoms with van der Waals surface area (Å²) < 4.78 is 7.72. The van der Waals surface area contributed by atoms with Gasteiger partial charge in [-0.25, -0.2) is 0 Å². The first-order chi connectivity index (χ1) is 11.3. The number of nitrogens with one attached hydrogen (secondary N) is 1. The maximum Gasteiger partial charge on any atom is 0.223 e. The van der Waals surface area contributed by atoms with Gasteiger partial charge in [-0.15, -0.1) is 0 Å². The fourth-order valence-corrected chi connectivity index (χ4v) is 3.56. The summed E-state index contributed by atoms with van der Waals surface area (Å²) in [4.78, 5) is 12.6. The van der Waals surface area contributed by atoms with Crippen molar-refractivity contribution in [2.24, 2.45) is 18.9 Å². The Kier molecular flexibility index (Phi) is 6.44. The number of amides is 1. The van der Waals surface area contributed by atoms with Gasteiger partial charge in [0.1, 0.15) is 0 Å². The van der Waals surface area contributed by atoms with Crippen molar-refractivity contribution < 1.29 is 9.53 Å². The molecule has 1 saturated heterocycles. The van der Waals surface area contributed by atoms with Gasteiger partial charge in [0.05, 0.1) is 11.8 Å². The van der Waals surface area contributed by atoms with Crippen molar-refractivity contribution in [3.8, 4) is 0 Å². The Hall–Kier alpha value is -1.36. The molecule has 5 heteroatoms. The maximum absolute atomic E-state index is 12.6. The molecule has 0 bridgehead atoms. The van der Waals surface area contributed by atoms with Gasteiger partial charge in [0.15, 0.2) is 0 Å². The van der Waals surface area contributed by atoms with Crippen LogP contribution in [-0.4, -0.2) is 34.4 Å². The van der Waals surface area contributed by atoms with E-state index in [-0.39, 0.29) is 24.0 Å². The Balaban J connectivity index is 1.89. The molecule has 1 N–H and O–H groups in total. The van der Waals surface area contributed by atoms with Crippen molar-refractivity contribution in [3.05, 3.63) is 17.0 Å². The van der Waals surface area contributed by atoms with Crippen molar-refractivity contribution in [1.82, 2.24) is 15.1 Å². The van der Waals surface area contributed by atoms with Crippen molar-refractivity contribution in [1.29, 1.82) is 0 Å². The van der Waals surface area contributed by atoms with Crippen LogP contribution in [0.4, 0.5) is 0 Å². The number of aromatic nitrogens is 2. The zero-order valence-corrected chi connectivity index (χ0v) is 16.1. The van der Waals surface area contributed by atoms with Gasteiger partial charge in [0.2, 0.25) is 5.91 Å². The number of rotatable bonds is 6. The quantitative estimate of drug-likeness (QED) is 0.869. The number of carbonyl (C=O) groups excluding carboxylic acids is 1. The van der Waals surface area contributed by atoms with Gasteiger partial charge in [-0.3, -0.25) is 9.48 Å². The van der Waals surface area contributed by atoms with Crippen LogP contribution in [0, 0.1) is 25.7 Å². The van der Waals surface area contributed by atoms with E-state index in [0.717, 1.165) is 43.7 Å². The van der Waals surface area contributed by atoms with Gasteiger partial charge in [-0.2, -0.15) is 5.10 Å². The number of carbonyl (C=O) groups is 1. The highest BCUT2D eigenvalue weighted by molar-refractivity contribution is 5.79. The van der Waals surface area contributed by atoms with Crippen molar-refractivity contribution in [3.63, 3.8) is 0 Å². The minimum Gasteiger partial charge on any atom is -0.378 e. The first kappa shape index (κ1) is 19.0. The molecular formula is C19H33N3O2. The van der Waals surface area contributed by atoms with Crippen LogP contribution in [0.2, 0.25) is 0 Å². The number of nitrogens with zero attached hydrogens (tertiary/aromatic N) is 2. The normalized spacial score (nSPS) is 22.6. The summed E-state index contributed by atoms with van der Waals surface area (Å²) in [6.07, 6.45) is 3.94. The Labute approximate surface area is 146 Å². The van der Waals surface area contributed by atoms with Crippen molar-refractivity contribution in [2.75, 3.05) is 6.61 Å². The summed E-state index contributed by atoms with van der Waals surface area (Å²) in [5.41, 5.74) is 3.37. The minimum absolute atomic E-state index is 0.0435. The zero-order valence-electron chi connectivity index (χ0n) is 16.1. The molecule has 3 atom stereocenters. The fourth-order valence-electron chi connectivity index (χ4n) is 3.56. The molecule has 0 spiro atoms. The van der Waals surface area contributed by atoms with E-state index in [0.29, 0.717) is 5.92 Å². The molecule has 2 heterocycles. The number of hydrogen-bond donors (Lipinski definition) is 1. The predicted octanol–water partition coefficient (Wildman–Crippen LogP) is 2.93. The second kappa shape index (κ2) is 8.15. The van der Waals surface area contributed by atoms with E-state index >= 15 is 0 Å². The molecule has 3 unspecified atom stereocenters. The summed E-state index contributed by atoms with van der Waals surface area (Å²) in [6, 6.07) is 0.244. The van der Waals surface area contributed by atoms with Gasteiger partial charge >= 0.3 is 0 Å². The molecule has 2 rings (SSSR count). The van der Waals surface area contributed by atoms with E-state index in [4.69, 9.17) is 4.74 Å². The van der Waals surface area contributed by atoms with E-state index in [1.54, 1.807) is 0 Å². The summed E-state index contributed by atoms with van der Waals surface area (Å²) in [5.74, 6) is 0.728. The minimum atomic E-state index is -0.0435. The summed E-state index contributed by atoms with van der Waals surface area (Å²) >= 11 is 0. The van der Waals surface area contributed by atoms with Gasteiger partial charge < -0.3 is 10.1 Å². The molecule has 1 aromatic rings. The van der Waals surface area contributed by atoms with Gasteiger partial charge in [0, 0.05) is 31.3 Å². The molecule has 0 aliphatic carbocycles. The summed E-state index contributed by atoms with van der Waals surface area (Å²) in [5, 5.41) is 7.69. The Morgan fingerprint density at radius 3 is 2.67 bits per heavy atom. The van der Waals surface area contributed by atoms with Crippen LogP contribution in [0.25, 0.3) is 0 Å². The molecule has 24 heavy (non-hydrogen) atoms. The molecular weight excluding hydrogens is 302 g/mol. The molecule has 0 aromatic carbocycles. The smallest absolute Gasteiger partial charge is 0.223 e. The second-order valence-electron chi connectivity index (χ2n) is 7.73. The Morgan fingerprint density at radius 1 is 1.38 bits per heavy atom. The average Bonchev–Trinajstić information content (AvgIpc) is 2.73. The van der Waals surface area contributed by atoms with E-state index in [1.165, 1.54) is 5.56 Å². The van der Waals surface area contributed by atoms with E-state index in [9.17, 15) is 4.79 Å². The third-order valence-electron chi connectivity index (χ3n) is 5.06. The third kappa shape index (κ3) is 4.82. The maximum atomic E-state index is 12.6. The SMILES string of the molecule is Cc1nn(C)c(C)c1CC(C)C(=O)NC1CCOC(CC(C)C)C1. The van der Waals surface area contributed by atoms with Crippen LogP contribution in [0.15, 0.2) is 0 Å². The second-order valence-corrected chi connectivity index (χ2v) is 7.73. The van der Waals surface area contributed by atoms with Crippen molar-refractivity contribution >= 4 is 5.91 Å². The topological polar surface area (TPSA) is 56.2 Å². The highest BCUT2D eigenvalue weighted by Gasteiger charge is 2.26. The van der Waals surface area contributed by atoms with Gasteiger partial charge in [0.25, 0.3) is 0 Å². The van der Waals surface area contributed by atoms with E-state index < -0.39 is 0 Å². The highest BCUT2D eigenvalue weighted by atomic mass is 16.5. The number of hydrogen-bond acceptors (Lipinski definition) is 3. The molecule has 1 aliphatic heterocycles. The number of aryl methyl sites for hydroxylation is 2. The van der Waals surface area contributed by atoms with Crippen molar-refractivity contribution in [2.45, 2.75) is 72.4 Å². The average molecular weight is 335 g/mol. The molecule has 5 nitrogen and oxygen atoms in total. The fraction of sp³-hybridized carbons (Fsp3) is 0.789. The predicted molar refractivity (Wildman–Crippen MR) is 95.9 cm³/mol.